The number of rotatable bonds is 9. The predicted molar refractivity (Wildman–Crippen MR) is 149 cm³/mol. The van der Waals surface area contributed by atoms with Gasteiger partial charge in [-0.15, -0.1) is 0 Å². The van der Waals surface area contributed by atoms with E-state index in [1.807, 2.05) is 0 Å². The predicted octanol–water partition coefficient (Wildman–Crippen LogP) is 5.48. The van der Waals surface area contributed by atoms with Crippen LogP contribution in [0, 0.1) is 23.7 Å². The number of imidazole rings is 1. The highest BCUT2D eigenvalue weighted by molar-refractivity contribution is 6.81. The van der Waals surface area contributed by atoms with Crippen molar-refractivity contribution in [3.05, 3.63) is 18.2 Å². The number of ether oxygens (including phenoxy) is 1. The van der Waals surface area contributed by atoms with Crippen LogP contribution in [0.5, 0.6) is 0 Å². The van der Waals surface area contributed by atoms with E-state index in [0.29, 0.717) is 48.2 Å². The minimum Gasteiger partial charge on any atom is -0.414 e. The van der Waals surface area contributed by atoms with Crippen molar-refractivity contribution in [2.75, 3.05) is 12.3 Å². The molecule has 0 saturated carbocycles. The molecule has 37 heavy (non-hydrogen) atoms. The summed E-state index contributed by atoms with van der Waals surface area (Å²) in [6.07, 6.45) is 3.51. The van der Waals surface area contributed by atoms with Crippen LogP contribution in [0.2, 0.25) is 24.2 Å². The standard InChI is InChI=1S/C26H47N5O4Si2/c1-17(2)12-36(13-18(3)4)32-11-24-23(34-37(35-36,14-19(5)6)15-20(7)8)9-22(33-24)21-10-28-26-25(27)29-16-30-31(21)26/h10,16-20,22-24H,9,11-15H2,1-8H3,(H2,27,29,30)/t22-,23+,24-/m1/s1. The molecule has 2 aromatic rings. The first-order valence-electron chi connectivity index (χ1n) is 14.0. The van der Waals surface area contributed by atoms with Crippen molar-refractivity contribution >= 4 is 28.6 Å². The molecule has 208 valence electrons. The molecule has 2 aliphatic rings. The zero-order valence-corrected chi connectivity index (χ0v) is 25.9. The molecule has 4 heterocycles. The molecular formula is C26H47N5O4Si2. The van der Waals surface area contributed by atoms with Gasteiger partial charge in [-0.1, -0.05) is 55.4 Å². The van der Waals surface area contributed by atoms with Gasteiger partial charge in [0, 0.05) is 6.42 Å². The normalized spacial score (nSPS) is 25.8. The smallest absolute Gasteiger partial charge is 0.330 e. The lowest BCUT2D eigenvalue weighted by molar-refractivity contribution is -0.0373. The molecule has 2 fully saturated rings. The molecule has 0 aromatic carbocycles. The summed E-state index contributed by atoms with van der Waals surface area (Å²) in [5.41, 5.74) is 7.46. The summed E-state index contributed by atoms with van der Waals surface area (Å²) in [7, 11) is -5.19. The molecule has 11 heteroatoms. The van der Waals surface area contributed by atoms with E-state index in [1.165, 1.54) is 6.33 Å². The summed E-state index contributed by atoms with van der Waals surface area (Å²) in [4.78, 5) is 8.54. The summed E-state index contributed by atoms with van der Waals surface area (Å²) in [6, 6.07) is 3.88. The number of fused-ring (bicyclic) bond motifs is 2. The second-order valence-electron chi connectivity index (χ2n) is 12.7. The van der Waals surface area contributed by atoms with Crippen molar-refractivity contribution in [3.8, 4) is 0 Å². The van der Waals surface area contributed by atoms with Gasteiger partial charge in [-0.2, -0.15) is 5.10 Å². The molecule has 4 rings (SSSR count). The van der Waals surface area contributed by atoms with Gasteiger partial charge in [-0.05, 0) is 47.8 Å². The van der Waals surface area contributed by atoms with Gasteiger partial charge in [0.05, 0.1) is 24.6 Å². The monoisotopic (exact) mass is 549 g/mol. The molecule has 2 aromatic heterocycles. The van der Waals surface area contributed by atoms with Crippen molar-refractivity contribution in [1.82, 2.24) is 19.6 Å². The van der Waals surface area contributed by atoms with Gasteiger partial charge < -0.3 is 23.4 Å². The lowest BCUT2D eigenvalue weighted by Crippen LogP contribution is -2.61. The minimum atomic E-state index is -2.63. The topological polar surface area (TPSA) is 106 Å². The van der Waals surface area contributed by atoms with Crippen LogP contribution >= 0.6 is 0 Å². The van der Waals surface area contributed by atoms with Gasteiger partial charge in [0.25, 0.3) is 0 Å². The molecule has 0 spiro atoms. The molecule has 0 bridgehead atoms. The van der Waals surface area contributed by atoms with E-state index in [4.69, 9.17) is 23.4 Å². The molecule has 0 unspecified atom stereocenters. The van der Waals surface area contributed by atoms with Crippen molar-refractivity contribution < 1.29 is 17.7 Å². The Bertz CT molecular complexity index is 1030. The molecule has 2 aliphatic heterocycles. The largest absolute Gasteiger partial charge is 0.414 e. The summed E-state index contributed by atoms with van der Waals surface area (Å²) in [5, 5.41) is 4.40. The van der Waals surface area contributed by atoms with Crippen LogP contribution in [-0.2, 0) is 17.7 Å². The number of hydrogen-bond donors (Lipinski definition) is 1. The maximum absolute atomic E-state index is 7.45. The third-order valence-electron chi connectivity index (χ3n) is 7.01. The maximum Gasteiger partial charge on any atom is 0.330 e. The zero-order valence-electron chi connectivity index (χ0n) is 23.9. The zero-order chi connectivity index (χ0) is 27.0. The van der Waals surface area contributed by atoms with Gasteiger partial charge in [0.2, 0.25) is 0 Å². The van der Waals surface area contributed by atoms with Gasteiger partial charge in [0.1, 0.15) is 18.5 Å². The van der Waals surface area contributed by atoms with E-state index in [1.54, 1.807) is 10.7 Å². The Hall–Kier alpha value is -1.38. The SMILES string of the molecule is CC(C)C[Si]1(CC(C)C)OC[C@H]2O[C@@H](c3cnc4c(N)ncnn34)C[C@@H]2O[Si](CC(C)C)(CC(C)C)O1. The van der Waals surface area contributed by atoms with Crippen molar-refractivity contribution in [1.29, 1.82) is 0 Å². The maximum atomic E-state index is 7.45. The third-order valence-corrected chi connectivity index (χ3v) is 17.2. The van der Waals surface area contributed by atoms with Crippen LogP contribution in [0.25, 0.3) is 5.65 Å². The van der Waals surface area contributed by atoms with Crippen LogP contribution in [0.4, 0.5) is 5.82 Å². The van der Waals surface area contributed by atoms with Crippen LogP contribution in [0.3, 0.4) is 0 Å². The Morgan fingerprint density at radius 3 is 2.08 bits per heavy atom. The quantitative estimate of drug-likeness (QED) is 0.410. The second kappa shape index (κ2) is 11.4. The summed E-state index contributed by atoms with van der Waals surface area (Å²) in [5.74, 6) is 2.29. The molecule has 0 radical (unpaired) electrons. The van der Waals surface area contributed by atoms with E-state index in [2.05, 4.69) is 70.5 Å². The van der Waals surface area contributed by atoms with Crippen LogP contribution in [-0.4, -0.2) is 55.5 Å². The highest BCUT2D eigenvalue weighted by Gasteiger charge is 2.55. The highest BCUT2D eigenvalue weighted by atomic mass is 28.5. The lowest BCUT2D eigenvalue weighted by atomic mass is 10.1. The Morgan fingerprint density at radius 1 is 0.892 bits per heavy atom. The number of hydrogen-bond acceptors (Lipinski definition) is 8. The van der Waals surface area contributed by atoms with Crippen LogP contribution in [0.15, 0.2) is 12.5 Å². The summed E-state index contributed by atoms with van der Waals surface area (Å²) >= 11 is 0. The third kappa shape index (κ3) is 6.62. The second-order valence-corrected chi connectivity index (χ2v) is 19.4. The number of aromatic nitrogens is 4. The minimum absolute atomic E-state index is 0.0935. The molecule has 2 N–H and O–H groups in total. The first-order chi connectivity index (χ1) is 17.4. The fourth-order valence-corrected chi connectivity index (χ4v) is 17.7. The molecule has 0 aliphatic carbocycles. The van der Waals surface area contributed by atoms with Gasteiger partial charge in [-0.25, -0.2) is 14.5 Å². The summed E-state index contributed by atoms with van der Waals surface area (Å²) < 4.78 is 30.1. The van der Waals surface area contributed by atoms with Crippen molar-refractivity contribution in [2.24, 2.45) is 23.7 Å². The van der Waals surface area contributed by atoms with Crippen molar-refractivity contribution in [3.63, 3.8) is 0 Å². The van der Waals surface area contributed by atoms with E-state index in [9.17, 15) is 0 Å². The number of anilines is 1. The average Bonchev–Trinajstić information content (AvgIpc) is 3.33. The van der Waals surface area contributed by atoms with E-state index in [0.717, 1.165) is 29.9 Å². The van der Waals surface area contributed by atoms with Crippen LogP contribution < -0.4 is 5.73 Å². The fraction of sp³-hybridized carbons (Fsp3) is 0.808. The Morgan fingerprint density at radius 2 is 1.49 bits per heavy atom. The van der Waals surface area contributed by atoms with E-state index in [-0.39, 0.29) is 18.3 Å². The van der Waals surface area contributed by atoms with Crippen molar-refractivity contribution in [2.45, 2.75) is 104 Å². The first kappa shape index (κ1) is 28.6. The van der Waals surface area contributed by atoms with Gasteiger partial charge in [-0.3, -0.25) is 0 Å². The van der Waals surface area contributed by atoms with Gasteiger partial charge >= 0.3 is 17.1 Å². The first-order valence-corrected chi connectivity index (χ1v) is 18.5. The van der Waals surface area contributed by atoms with Gasteiger partial charge in [0.15, 0.2) is 11.5 Å². The molecule has 0 amide bonds. The fourth-order valence-electron chi connectivity index (χ4n) is 6.19. The average molecular weight is 550 g/mol. The molecular weight excluding hydrogens is 502 g/mol. The Kier molecular flexibility index (Phi) is 8.81. The highest BCUT2D eigenvalue weighted by Crippen LogP contribution is 2.44. The molecule has 2 saturated heterocycles. The van der Waals surface area contributed by atoms with E-state index < -0.39 is 17.1 Å². The number of nitrogen functional groups attached to an aromatic ring is 1. The molecule has 9 nitrogen and oxygen atoms in total. The lowest BCUT2D eigenvalue weighted by Gasteiger charge is -2.47. The molecule has 3 atom stereocenters. The Labute approximate surface area is 224 Å². The van der Waals surface area contributed by atoms with E-state index >= 15 is 0 Å². The Balaban J connectivity index is 1.72. The van der Waals surface area contributed by atoms with Crippen LogP contribution in [0.1, 0.15) is 73.6 Å². The number of nitrogens with two attached hydrogens (primary N) is 1. The number of nitrogens with zero attached hydrogens (tertiary/aromatic N) is 4. The summed E-state index contributed by atoms with van der Waals surface area (Å²) in [6.45, 7) is 18.7.